The van der Waals surface area contributed by atoms with E-state index in [0.29, 0.717) is 17.0 Å². The number of aromatic nitrogens is 2. The molecule has 0 aliphatic heterocycles. The highest BCUT2D eigenvalue weighted by Gasteiger charge is 2.24. The van der Waals surface area contributed by atoms with Crippen LogP contribution in [0.5, 0.6) is 0 Å². The predicted molar refractivity (Wildman–Crippen MR) is 86.8 cm³/mol. The summed E-state index contributed by atoms with van der Waals surface area (Å²) in [7, 11) is 0. The molecule has 0 amide bonds. The van der Waals surface area contributed by atoms with E-state index in [1.54, 1.807) is 6.07 Å². The second-order valence-corrected chi connectivity index (χ2v) is 7.40. The zero-order chi connectivity index (χ0) is 15.5. The van der Waals surface area contributed by atoms with E-state index in [1.807, 2.05) is 0 Å². The Balaban J connectivity index is 2.04. The number of anilines is 1. The number of hydrogen-bond donors (Lipinski definition) is 2. The normalized spacial score (nSPS) is 23.1. The molecule has 1 aromatic heterocycles. The predicted octanol–water partition coefficient (Wildman–Crippen LogP) is 3.64. The van der Waals surface area contributed by atoms with Crippen molar-refractivity contribution in [1.29, 1.82) is 0 Å². The van der Waals surface area contributed by atoms with Gasteiger partial charge in [-0.25, -0.2) is 9.97 Å². The van der Waals surface area contributed by atoms with Gasteiger partial charge in [-0.1, -0.05) is 45.2 Å². The minimum atomic E-state index is -0.125. The highest BCUT2D eigenvalue weighted by Crippen LogP contribution is 2.30. The quantitative estimate of drug-likeness (QED) is 0.834. The summed E-state index contributed by atoms with van der Waals surface area (Å²) in [5.74, 6) is 2.45. The Bertz CT molecular complexity index is 473. The van der Waals surface area contributed by atoms with Gasteiger partial charge in [0.25, 0.3) is 0 Å². The third-order valence-corrected chi connectivity index (χ3v) is 4.41. The van der Waals surface area contributed by atoms with Crippen LogP contribution >= 0.6 is 11.6 Å². The van der Waals surface area contributed by atoms with Gasteiger partial charge >= 0.3 is 0 Å². The number of nitrogens with zero attached hydrogens (tertiary/aromatic N) is 2. The summed E-state index contributed by atoms with van der Waals surface area (Å²) in [6.07, 6.45) is 4.78. The Hall–Kier alpha value is -0.870. The summed E-state index contributed by atoms with van der Waals surface area (Å²) in [6.45, 7) is 7.34. The maximum absolute atomic E-state index is 9.48. The van der Waals surface area contributed by atoms with Crippen LogP contribution in [0.4, 0.5) is 5.82 Å². The van der Waals surface area contributed by atoms with Crippen molar-refractivity contribution >= 4 is 17.4 Å². The van der Waals surface area contributed by atoms with Crippen molar-refractivity contribution in [2.75, 3.05) is 18.5 Å². The Labute approximate surface area is 132 Å². The summed E-state index contributed by atoms with van der Waals surface area (Å²) in [6, 6.07) is 1.77. The fraction of sp³-hybridized carbons (Fsp3) is 0.750. The first-order chi connectivity index (χ1) is 9.90. The van der Waals surface area contributed by atoms with Gasteiger partial charge in [-0.3, -0.25) is 0 Å². The highest BCUT2D eigenvalue weighted by molar-refractivity contribution is 6.29. The molecule has 2 atom stereocenters. The van der Waals surface area contributed by atoms with Gasteiger partial charge in [-0.2, -0.15) is 0 Å². The molecule has 0 spiro atoms. The van der Waals surface area contributed by atoms with E-state index in [-0.39, 0.29) is 12.0 Å². The van der Waals surface area contributed by atoms with E-state index >= 15 is 0 Å². The van der Waals surface area contributed by atoms with Crippen molar-refractivity contribution in [3.8, 4) is 0 Å². The van der Waals surface area contributed by atoms with Crippen molar-refractivity contribution in [3.05, 3.63) is 17.0 Å². The molecular weight excluding hydrogens is 286 g/mol. The Morgan fingerprint density at radius 1 is 1.24 bits per heavy atom. The van der Waals surface area contributed by atoms with E-state index in [2.05, 4.69) is 36.1 Å². The van der Waals surface area contributed by atoms with Crippen molar-refractivity contribution < 1.29 is 5.11 Å². The molecule has 21 heavy (non-hydrogen) atoms. The van der Waals surface area contributed by atoms with Crippen LogP contribution in [0.3, 0.4) is 0 Å². The smallest absolute Gasteiger partial charge is 0.137 e. The molecule has 1 aliphatic rings. The lowest BCUT2D eigenvalue weighted by molar-refractivity contribution is 0.141. The third kappa shape index (κ3) is 4.55. The SMILES string of the molecule is CC(C)(C)c1nc(Cl)cc(NCC2CCCCC2CO)n1. The lowest BCUT2D eigenvalue weighted by Crippen LogP contribution is -2.29. The average Bonchev–Trinajstić information content (AvgIpc) is 2.44. The first-order valence-electron chi connectivity index (χ1n) is 7.80. The summed E-state index contributed by atoms with van der Waals surface area (Å²) in [5.41, 5.74) is -0.125. The lowest BCUT2D eigenvalue weighted by Gasteiger charge is -2.30. The molecule has 1 fully saturated rings. The summed E-state index contributed by atoms with van der Waals surface area (Å²) in [4.78, 5) is 8.88. The Morgan fingerprint density at radius 2 is 1.90 bits per heavy atom. The minimum Gasteiger partial charge on any atom is -0.396 e. The van der Waals surface area contributed by atoms with Crippen molar-refractivity contribution in [1.82, 2.24) is 9.97 Å². The van der Waals surface area contributed by atoms with Crippen LogP contribution in [-0.4, -0.2) is 28.2 Å². The summed E-state index contributed by atoms with van der Waals surface area (Å²) in [5, 5.41) is 13.3. The number of halogens is 1. The van der Waals surface area contributed by atoms with Crippen LogP contribution in [0.15, 0.2) is 6.07 Å². The molecule has 0 radical (unpaired) electrons. The summed E-state index contributed by atoms with van der Waals surface area (Å²) < 4.78 is 0. The van der Waals surface area contributed by atoms with E-state index < -0.39 is 0 Å². The van der Waals surface area contributed by atoms with Gasteiger partial charge in [0.15, 0.2) is 0 Å². The van der Waals surface area contributed by atoms with Crippen LogP contribution in [0.1, 0.15) is 52.3 Å². The number of hydrogen-bond acceptors (Lipinski definition) is 4. The molecule has 5 heteroatoms. The summed E-state index contributed by atoms with van der Waals surface area (Å²) >= 11 is 6.10. The molecule has 4 nitrogen and oxygen atoms in total. The molecule has 0 aromatic carbocycles. The molecule has 1 saturated carbocycles. The van der Waals surface area contributed by atoms with Gasteiger partial charge < -0.3 is 10.4 Å². The molecule has 0 bridgehead atoms. The Kier molecular flexibility index (Phi) is 5.44. The fourth-order valence-corrected chi connectivity index (χ4v) is 3.06. The fourth-order valence-electron chi connectivity index (χ4n) is 2.87. The number of aliphatic hydroxyl groups is 1. The first kappa shape index (κ1) is 16.5. The molecule has 2 rings (SSSR count). The van der Waals surface area contributed by atoms with Crippen molar-refractivity contribution in [2.45, 2.75) is 51.9 Å². The molecule has 2 unspecified atom stereocenters. The van der Waals surface area contributed by atoms with E-state index in [0.717, 1.165) is 24.6 Å². The maximum Gasteiger partial charge on any atom is 0.137 e. The molecule has 118 valence electrons. The largest absolute Gasteiger partial charge is 0.396 e. The second-order valence-electron chi connectivity index (χ2n) is 7.02. The Morgan fingerprint density at radius 3 is 2.52 bits per heavy atom. The van der Waals surface area contributed by atoms with E-state index in [1.165, 1.54) is 19.3 Å². The molecule has 2 N–H and O–H groups in total. The minimum absolute atomic E-state index is 0.125. The molecule has 1 aliphatic carbocycles. The first-order valence-corrected chi connectivity index (χ1v) is 8.17. The topological polar surface area (TPSA) is 58.0 Å². The standard InChI is InChI=1S/C16H26ClN3O/c1-16(2,3)15-19-13(17)8-14(20-15)18-9-11-6-4-5-7-12(11)10-21/h8,11-12,21H,4-7,9-10H2,1-3H3,(H,18,19,20). The second kappa shape index (κ2) is 6.93. The number of nitrogens with one attached hydrogen (secondary N) is 1. The molecule has 1 heterocycles. The van der Waals surface area contributed by atoms with E-state index in [4.69, 9.17) is 11.6 Å². The zero-order valence-electron chi connectivity index (χ0n) is 13.2. The maximum atomic E-state index is 9.48. The van der Waals surface area contributed by atoms with Crippen molar-refractivity contribution in [3.63, 3.8) is 0 Å². The van der Waals surface area contributed by atoms with Crippen LogP contribution in [-0.2, 0) is 5.41 Å². The van der Waals surface area contributed by atoms with Gasteiger partial charge in [0.2, 0.25) is 0 Å². The van der Waals surface area contributed by atoms with Crippen LogP contribution in [0.25, 0.3) is 0 Å². The van der Waals surface area contributed by atoms with Gasteiger partial charge in [-0.15, -0.1) is 0 Å². The van der Waals surface area contributed by atoms with Crippen LogP contribution in [0, 0.1) is 11.8 Å². The number of rotatable bonds is 4. The van der Waals surface area contributed by atoms with Crippen LogP contribution < -0.4 is 5.32 Å². The lowest BCUT2D eigenvalue weighted by atomic mass is 9.79. The molecule has 1 aromatic rings. The van der Waals surface area contributed by atoms with Gasteiger partial charge in [0.1, 0.15) is 16.8 Å². The highest BCUT2D eigenvalue weighted by atomic mass is 35.5. The van der Waals surface area contributed by atoms with Crippen LogP contribution in [0.2, 0.25) is 5.15 Å². The van der Waals surface area contributed by atoms with Crippen molar-refractivity contribution in [2.24, 2.45) is 11.8 Å². The van der Waals surface area contributed by atoms with Gasteiger partial charge in [0.05, 0.1) is 0 Å². The van der Waals surface area contributed by atoms with Gasteiger partial charge in [-0.05, 0) is 24.7 Å². The van der Waals surface area contributed by atoms with E-state index in [9.17, 15) is 5.11 Å². The molecule has 0 saturated heterocycles. The monoisotopic (exact) mass is 311 g/mol. The molecular formula is C16H26ClN3O. The zero-order valence-corrected chi connectivity index (χ0v) is 14.0. The average molecular weight is 312 g/mol. The third-order valence-electron chi connectivity index (χ3n) is 4.21. The number of aliphatic hydroxyl groups excluding tert-OH is 1. The van der Waals surface area contributed by atoms with Gasteiger partial charge in [0, 0.05) is 24.6 Å².